The van der Waals surface area contributed by atoms with E-state index < -0.39 is 0 Å². The summed E-state index contributed by atoms with van der Waals surface area (Å²) in [4.78, 5) is 13.5. The van der Waals surface area contributed by atoms with Gasteiger partial charge in [-0.25, -0.2) is 4.79 Å². The molecule has 5 heteroatoms. The van der Waals surface area contributed by atoms with E-state index in [9.17, 15) is 4.79 Å². The topological polar surface area (TPSA) is 65.4 Å². The second kappa shape index (κ2) is 5.25. The summed E-state index contributed by atoms with van der Waals surface area (Å²) in [5.41, 5.74) is 2.34. The summed E-state index contributed by atoms with van der Waals surface area (Å²) in [6.45, 7) is 0.955. The van der Waals surface area contributed by atoms with Gasteiger partial charge in [-0.3, -0.25) is 10.7 Å². The van der Waals surface area contributed by atoms with Crippen molar-refractivity contribution in [1.29, 1.82) is 5.41 Å². The van der Waals surface area contributed by atoms with E-state index in [0.29, 0.717) is 13.2 Å². The van der Waals surface area contributed by atoms with Gasteiger partial charge in [-0.15, -0.1) is 0 Å². The average molecular weight is 273 g/mol. The summed E-state index contributed by atoms with van der Waals surface area (Å²) in [5.74, 6) is 0.960. The van der Waals surface area contributed by atoms with Crippen LogP contribution in [0.15, 0.2) is 24.3 Å². The summed E-state index contributed by atoms with van der Waals surface area (Å²) in [5, 5.41) is 10.6. The molecule has 1 aromatic rings. The van der Waals surface area contributed by atoms with Crippen LogP contribution in [0.25, 0.3) is 0 Å². The van der Waals surface area contributed by atoms with Gasteiger partial charge in [0, 0.05) is 13.7 Å². The highest BCUT2D eigenvalue weighted by Crippen LogP contribution is 2.40. The van der Waals surface area contributed by atoms with Crippen LogP contribution in [-0.2, 0) is 4.74 Å². The van der Waals surface area contributed by atoms with Crippen molar-refractivity contribution >= 4 is 11.9 Å². The number of ether oxygens (including phenoxy) is 1. The first-order valence-electron chi connectivity index (χ1n) is 6.95. The van der Waals surface area contributed by atoms with Crippen molar-refractivity contribution in [3.63, 3.8) is 0 Å². The van der Waals surface area contributed by atoms with Crippen molar-refractivity contribution in [3.8, 4) is 0 Å². The fourth-order valence-corrected chi connectivity index (χ4v) is 2.66. The molecular formula is C15H19N3O2. The fraction of sp³-hybridized carbons (Fsp3) is 0.467. The zero-order valence-corrected chi connectivity index (χ0v) is 11.6. The number of nitrogens with zero attached hydrogens (tertiary/aromatic N) is 1. The fourth-order valence-electron chi connectivity index (χ4n) is 2.66. The highest BCUT2D eigenvalue weighted by molar-refractivity contribution is 6.06. The Morgan fingerprint density at radius 1 is 1.30 bits per heavy atom. The third kappa shape index (κ3) is 2.41. The second-order valence-electron chi connectivity index (χ2n) is 5.37. The second-order valence-corrected chi connectivity index (χ2v) is 5.37. The number of rotatable bonds is 5. The smallest absolute Gasteiger partial charge is 0.323 e. The van der Waals surface area contributed by atoms with E-state index in [0.717, 1.165) is 11.5 Å². The van der Waals surface area contributed by atoms with Crippen LogP contribution in [0.1, 0.15) is 35.9 Å². The van der Waals surface area contributed by atoms with Crippen molar-refractivity contribution in [2.75, 3.05) is 20.3 Å². The van der Waals surface area contributed by atoms with Crippen LogP contribution in [-0.4, -0.2) is 37.0 Å². The molecule has 2 amide bonds. The Morgan fingerprint density at radius 3 is 2.55 bits per heavy atom. The Morgan fingerprint density at radius 2 is 1.95 bits per heavy atom. The molecule has 1 heterocycles. The number of nitrogens with one attached hydrogen (secondary N) is 2. The molecule has 1 saturated heterocycles. The van der Waals surface area contributed by atoms with E-state index in [-0.39, 0.29) is 17.9 Å². The van der Waals surface area contributed by atoms with Crippen LogP contribution >= 0.6 is 0 Å². The van der Waals surface area contributed by atoms with E-state index in [4.69, 9.17) is 10.1 Å². The lowest BCUT2D eigenvalue weighted by Gasteiger charge is -2.22. The SMILES string of the molecule is COCCN1C(=O)NC(=N)C1c1ccc(C2CC2)cc1. The molecule has 2 N–H and O–H groups in total. The van der Waals surface area contributed by atoms with Gasteiger partial charge in [0.25, 0.3) is 0 Å². The number of hydrogen-bond donors (Lipinski definition) is 2. The summed E-state index contributed by atoms with van der Waals surface area (Å²) >= 11 is 0. The highest BCUT2D eigenvalue weighted by atomic mass is 16.5. The number of hydrogen-bond acceptors (Lipinski definition) is 3. The molecule has 0 radical (unpaired) electrons. The first-order valence-corrected chi connectivity index (χ1v) is 6.95. The summed E-state index contributed by atoms with van der Waals surface area (Å²) < 4.78 is 5.04. The number of carbonyl (C=O) groups is 1. The summed E-state index contributed by atoms with van der Waals surface area (Å²) in [6.07, 6.45) is 2.55. The maximum Gasteiger partial charge on any atom is 0.323 e. The van der Waals surface area contributed by atoms with Gasteiger partial charge in [0.2, 0.25) is 0 Å². The molecule has 1 aliphatic carbocycles. The standard InChI is InChI=1S/C15H19N3O2/c1-20-9-8-18-13(14(16)17-15(18)19)12-6-4-11(5-7-12)10-2-3-10/h4-7,10,13H,2-3,8-9H2,1H3,(H2,16,17,19). The Bertz CT molecular complexity index is 522. The molecule has 106 valence electrons. The Hall–Kier alpha value is -1.88. The van der Waals surface area contributed by atoms with E-state index in [2.05, 4.69) is 17.4 Å². The number of urea groups is 1. The van der Waals surface area contributed by atoms with Gasteiger partial charge in [-0.1, -0.05) is 24.3 Å². The number of benzene rings is 1. The van der Waals surface area contributed by atoms with Gasteiger partial charge < -0.3 is 9.64 Å². The minimum atomic E-state index is -0.314. The van der Waals surface area contributed by atoms with Crippen LogP contribution in [0.3, 0.4) is 0 Å². The lowest BCUT2D eigenvalue weighted by Crippen LogP contribution is -2.32. The first kappa shape index (κ1) is 13.1. The number of amides is 2. The molecule has 2 fully saturated rings. The van der Waals surface area contributed by atoms with Gasteiger partial charge in [-0.2, -0.15) is 0 Å². The molecule has 1 aromatic carbocycles. The van der Waals surface area contributed by atoms with Crippen molar-refractivity contribution in [1.82, 2.24) is 10.2 Å². The molecule has 5 nitrogen and oxygen atoms in total. The van der Waals surface area contributed by atoms with Crippen molar-refractivity contribution in [2.45, 2.75) is 24.8 Å². The van der Waals surface area contributed by atoms with Gasteiger partial charge in [0.05, 0.1) is 6.61 Å². The zero-order valence-electron chi connectivity index (χ0n) is 11.6. The summed E-state index contributed by atoms with van der Waals surface area (Å²) in [7, 11) is 1.61. The lowest BCUT2D eigenvalue weighted by atomic mass is 10.0. The zero-order chi connectivity index (χ0) is 14.1. The van der Waals surface area contributed by atoms with E-state index >= 15 is 0 Å². The molecule has 1 atom stereocenters. The third-order valence-electron chi connectivity index (χ3n) is 3.92. The molecular weight excluding hydrogens is 254 g/mol. The molecule has 1 saturated carbocycles. The Balaban J connectivity index is 1.81. The van der Waals surface area contributed by atoms with Gasteiger partial charge >= 0.3 is 6.03 Å². The monoisotopic (exact) mass is 273 g/mol. The third-order valence-corrected chi connectivity index (χ3v) is 3.92. The molecule has 1 unspecified atom stereocenters. The van der Waals surface area contributed by atoms with Gasteiger partial charge in [0.15, 0.2) is 0 Å². The molecule has 2 aliphatic rings. The molecule has 0 aromatic heterocycles. The van der Waals surface area contributed by atoms with Crippen molar-refractivity contribution in [3.05, 3.63) is 35.4 Å². The average Bonchev–Trinajstić information content (AvgIpc) is 3.24. The van der Waals surface area contributed by atoms with Crippen LogP contribution in [0.5, 0.6) is 0 Å². The first-order chi connectivity index (χ1) is 9.70. The maximum atomic E-state index is 11.9. The largest absolute Gasteiger partial charge is 0.383 e. The minimum Gasteiger partial charge on any atom is -0.383 e. The molecule has 20 heavy (non-hydrogen) atoms. The molecule has 0 spiro atoms. The molecule has 3 rings (SSSR count). The number of methoxy groups -OCH3 is 1. The lowest BCUT2D eigenvalue weighted by molar-refractivity contribution is 0.151. The predicted octanol–water partition coefficient (Wildman–Crippen LogP) is 2.25. The van der Waals surface area contributed by atoms with E-state index in [1.165, 1.54) is 18.4 Å². The van der Waals surface area contributed by atoms with Crippen LogP contribution < -0.4 is 5.32 Å². The van der Waals surface area contributed by atoms with Crippen LogP contribution in [0.4, 0.5) is 4.79 Å². The Labute approximate surface area is 118 Å². The predicted molar refractivity (Wildman–Crippen MR) is 76.0 cm³/mol. The van der Waals surface area contributed by atoms with Crippen LogP contribution in [0.2, 0.25) is 0 Å². The number of amidine groups is 1. The van der Waals surface area contributed by atoms with E-state index in [1.807, 2.05) is 12.1 Å². The van der Waals surface area contributed by atoms with Crippen molar-refractivity contribution < 1.29 is 9.53 Å². The number of carbonyl (C=O) groups excluding carboxylic acids is 1. The maximum absolute atomic E-state index is 11.9. The quantitative estimate of drug-likeness (QED) is 0.864. The minimum absolute atomic E-state index is 0.219. The van der Waals surface area contributed by atoms with Crippen LogP contribution in [0, 0.1) is 5.41 Å². The molecule has 1 aliphatic heterocycles. The van der Waals surface area contributed by atoms with Crippen molar-refractivity contribution in [2.24, 2.45) is 0 Å². The normalized spacial score (nSPS) is 22.2. The van der Waals surface area contributed by atoms with E-state index in [1.54, 1.807) is 12.0 Å². The Kier molecular flexibility index (Phi) is 3.44. The highest BCUT2D eigenvalue weighted by Gasteiger charge is 2.36. The van der Waals surface area contributed by atoms with Gasteiger partial charge in [-0.05, 0) is 29.9 Å². The summed E-state index contributed by atoms with van der Waals surface area (Å²) in [6, 6.07) is 7.78. The van der Waals surface area contributed by atoms with Gasteiger partial charge in [0.1, 0.15) is 11.9 Å². The molecule has 0 bridgehead atoms.